The molecule has 1 aliphatic heterocycles. The predicted octanol–water partition coefficient (Wildman–Crippen LogP) is 2.88. The van der Waals surface area contributed by atoms with Crippen molar-refractivity contribution in [2.24, 2.45) is 0 Å². The molecule has 3 nitrogen and oxygen atoms in total. The van der Waals surface area contributed by atoms with Gasteiger partial charge in [-0.2, -0.15) is 0 Å². The average molecular weight is 291 g/mol. The summed E-state index contributed by atoms with van der Waals surface area (Å²) in [4.78, 5) is 14.9. The van der Waals surface area contributed by atoms with Crippen LogP contribution in [0.1, 0.15) is 38.7 Å². The lowest BCUT2D eigenvalue weighted by Crippen LogP contribution is -2.58. The Balaban J connectivity index is 1.87. The maximum atomic E-state index is 13.5. The number of ether oxygens (including phenoxy) is 1. The van der Waals surface area contributed by atoms with E-state index in [0.29, 0.717) is 19.7 Å². The quantitative estimate of drug-likeness (QED) is 0.838. The van der Waals surface area contributed by atoms with Crippen LogP contribution in [-0.2, 0) is 14.9 Å². The number of morpholine rings is 1. The lowest BCUT2D eigenvalue weighted by molar-refractivity contribution is -0.155. The minimum Gasteiger partial charge on any atom is -0.372 e. The van der Waals surface area contributed by atoms with Crippen LogP contribution in [0.5, 0.6) is 0 Å². The first-order chi connectivity index (χ1) is 9.93. The molecule has 0 atom stereocenters. The smallest absolute Gasteiger partial charge is 0.233 e. The summed E-state index contributed by atoms with van der Waals surface area (Å²) in [6, 6.07) is 6.52. The fourth-order valence-corrected chi connectivity index (χ4v) is 3.43. The summed E-state index contributed by atoms with van der Waals surface area (Å²) in [6.45, 7) is 5.80. The second-order valence-electron chi connectivity index (χ2n) is 6.78. The summed E-state index contributed by atoms with van der Waals surface area (Å²) in [5.41, 5.74) is -0.000843. The first-order valence-corrected chi connectivity index (χ1v) is 7.62. The third kappa shape index (κ3) is 2.57. The topological polar surface area (TPSA) is 29.5 Å². The molecule has 1 aromatic rings. The van der Waals surface area contributed by atoms with Crippen LogP contribution >= 0.6 is 0 Å². The van der Waals surface area contributed by atoms with Gasteiger partial charge in [0.2, 0.25) is 5.91 Å². The summed E-state index contributed by atoms with van der Waals surface area (Å²) in [6.07, 6.45) is 2.65. The Morgan fingerprint density at radius 3 is 2.67 bits per heavy atom. The molecule has 0 N–H and O–H groups in total. The van der Waals surface area contributed by atoms with Gasteiger partial charge in [0.1, 0.15) is 5.82 Å². The highest BCUT2D eigenvalue weighted by molar-refractivity contribution is 5.89. The summed E-state index contributed by atoms with van der Waals surface area (Å²) < 4.78 is 19.2. The highest BCUT2D eigenvalue weighted by atomic mass is 19.1. The molecule has 2 fully saturated rings. The van der Waals surface area contributed by atoms with Crippen LogP contribution in [0.15, 0.2) is 24.3 Å². The second-order valence-corrected chi connectivity index (χ2v) is 6.78. The largest absolute Gasteiger partial charge is 0.372 e. The van der Waals surface area contributed by atoms with E-state index < -0.39 is 5.41 Å². The van der Waals surface area contributed by atoms with Crippen molar-refractivity contribution in [3.05, 3.63) is 35.6 Å². The fourth-order valence-electron chi connectivity index (χ4n) is 3.43. The summed E-state index contributed by atoms with van der Waals surface area (Å²) in [5.74, 6) is -0.135. The molecule has 0 spiro atoms. The van der Waals surface area contributed by atoms with E-state index in [0.717, 1.165) is 24.8 Å². The predicted molar refractivity (Wildman–Crippen MR) is 78.5 cm³/mol. The Labute approximate surface area is 125 Å². The number of carbonyl (C=O) groups excluding carboxylic acids is 1. The number of amides is 1. The van der Waals surface area contributed by atoms with E-state index in [2.05, 4.69) is 0 Å². The van der Waals surface area contributed by atoms with Gasteiger partial charge < -0.3 is 9.64 Å². The molecule has 0 unspecified atom stereocenters. The van der Waals surface area contributed by atoms with Crippen LogP contribution in [0, 0.1) is 5.82 Å². The number of rotatable bonds is 2. The van der Waals surface area contributed by atoms with Crippen molar-refractivity contribution in [3.8, 4) is 0 Å². The van der Waals surface area contributed by atoms with Gasteiger partial charge in [-0.25, -0.2) is 4.39 Å². The van der Waals surface area contributed by atoms with Gasteiger partial charge in [0.25, 0.3) is 0 Å². The summed E-state index contributed by atoms with van der Waals surface area (Å²) >= 11 is 0. The van der Waals surface area contributed by atoms with Crippen molar-refractivity contribution in [1.29, 1.82) is 0 Å². The number of nitrogens with zero attached hydrogens (tertiary/aromatic N) is 1. The Morgan fingerprint density at radius 2 is 2.10 bits per heavy atom. The van der Waals surface area contributed by atoms with Gasteiger partial charge >= 0.3 is 0 Å². The zero-order chi connectivity index (χ0) is 15.1. The zero-order valence-corrected chi connectivity index (χ0v) is 12.7. The number of carbonyl (C=O) groups is 1. The molecular formula is C17H22FNO2. The monoisotopic (exact) mass is 291 g/mol. The van der Waals surface area contributed by atoms with Gasteiger partial charge in [-0.3, -0.25) is 4.79 Å². The van der Waals surface area contributed by atoms with Crippen molar-refractivity contribution in [2.45, 2.75) is 44.1 Å². The van der Waals surface area contributed by atoms with E-state index in [9.17, 15) is 9.18 Å². The van der Waals surface area contributed by atoms with E-state index >= 15 is 0 Å². The molecule has 4 heteroatoms. The number of hydrogen-bond acceptors (Lipinski definition) is 2. The lowest BCUT2D eigenvalue weighted by atomic mass is 9.63. The fraction of sp³-hybridized carbons (Fsp3) is 0.588. The van der Waals surface area contributed by atoms with Crippen LogP contribution in [0.2, 0.25) is 0 Å². The van der Waals surface area contributed by atoms with Crippen molar-refractivity contribution in [3.63, 3.8) is 0 Å². The van der Waals surface area contributed by atoms with Crippen molar-refractivity contribution in [2.75, 3.05) is 19.7 Å². The summed E-state index contributed by atoms with van der Waals surface area (Å²) in [5, 5.41) is 0. The minimum atomic E-state index is -0.518. The Kier molecular flexibility index (Phi) is 3.52. The molecule has 1 amide bonds. The molecule has 1 aromatic carbocycles. The molecule has 0 aromatic heterocycles. The Hall–Kier alpha value is -1.42. The van der Waals surface area contributed by atoms with E-state index in [-0.39, 0.29) is 17.3 Å². The third-order valence-corrected chi connectivity index (χ3v) is 4.71. The molecule has 2 aliphatic rings. The van der Waals surface area contributed by atoms with E-state index in [4.69, 9.17) is 4.74 Å². The minimum absolute atomic E-state index is 0.135. The first kappa shape index (κ1) is 14.5. The molecule has 114 valence electrons. The standard InChI is InChI=1S/C17H22FNO2/c1-16(2)12-19(9-10-21-16)15(20)17(7-4-8-17)13-5-3-6-14(18)11-13/h3,5-6,11H,4,7-10,12H2,1-2H3. The number of hydrogen-bond donors (Lipinski definition) is 0. The van der Waals surface area contributed by atoms with Crippen LogP contribution < -0.4 is 0 Å². The second kappa shape index (κ2) is 5.09. The normalized spacial score (nSPS) is 23.5. The molecule has 1 saturated heterocycles. The van der Waals surface area contributed by atoms with Gasteiger partial charge in [0.05, 0.1) is 17.6 Å². The van der Waals surface area contributed by atoms with E-state index in [1.165, 1.54) is 12.1 Å². The third-order valence-electron chi connectivity index (χ3n) is 4.71. The van der Waals surface area contributed by atoms with Gasteiger partial charge in [0.15, 0.2) is 0 Å². The number of halogens is 1. The van der Waals surface area contributed by atoms with Gasteiger partial charge in [-0.05, 0) is 44.4 Å². The molecule has 3 rings (SSSR count). The maximum absolute atomic E-state index is 13.5. The Bertz CT molecular complexity index is 551. The molecule has 1 heterocycles. The first-order valence-electron chi connectivity index (χ1n) is 7.62. The van der Waals surface area contributed by atoms with Crippen LogP contribution in [0.3, 0.4) is 0 Å². The van der Waals surface area contributed by atoms with Gasteiger partial charge in [0, 0.05) is 13.1 Å². The Morgan fingerprint density at radius 1 is 1.33 bits per heavy atom. The van der Waals surface area contributed by atoms with Crippen molar-refractivity contribution < 1.29 is 13.9 Å². The van der Waals surface area contributed by atoms with E-state index in [1.54, 1.807) is 6.07 Å². The maximum Gasteiger partial charge on any atom is 0.233 e. The van der Waals surface area contributed by atoms with Crippen LogP contribution in [0.4, 0.5) is 4.39 Å². The van der Waals surface area contributed by atoms with Crippen molar-refractivity contribution >= 4 is 5.91 Å². The van der Waals surface area contributed by atoms with Gasteiger partial charge in [-0.15, -0.1) is 0 Å². The van der Waals surface area contributed by atoms with Gasteiger partial charge in [-0.1, -0.05) is 18.6 Å². The molecule has 0 bridgehead atoms. The number of benzene rings is 1. The lowest BCUT2D eigenvalue weighted by Gasteiger charge is -2.47. The zero-order valence-electron chi connectivity index (χ0n) is 12.7. The van der Waals surface area contributed by atoms with Crippen LogP contribution in [-0.4, -0.2) is 36.1 Å². The summed E-state index contributed by atoms with van der Waals surface area (Å²) in [7, 11) is 0. The average Bonchev–Trinajstić information content (AvgIpc) is 2.36. The molecule has 1 aliphatic carbocycles. The van der Waals surface area contributed by atoms with Crippen LogP contribution in [0.25, 0.3) is 0 Å². The highest BCUT2D eigenvalue weighted by Crippen LogP contribution is 2.45. The molecule has 1 saturated carbocycles. The molecular weight excluding hydrogens is 269 g/mol. The SMILES string of the molecule is CC1(C)CN(C(=O)C2(c3cccc(F)c3)CCC2)CCO1. The molecule has 0 radical (unpaired) electrons. The van der Waals surface area contributed by atoms with Crippen molar-refractivity contribution in [1.82, 2.24) is 4.90 Å². The van der Waals surface area contributed by atoms with E-state index in [1.807, 2.05) is 24.8 Å². The molecule has 21 heavy (non-hydrogen) atoms. The highest BCUT2D eigenvalue weighted by Gasteiger charge is 2.49.